The third-order valence-electron chi connectivity index (χ3n) is 7.44. The van der Waals surface area contributed by atoms with Crippen molar-refractivity contribution in [2.75, 3.05) is 51.0 Å². The first-order valence-corrected chi connectivity index (χ1v) is 16.0. The first kappa shape index (κ1) is 28.1. The molecule has 3 heterocycles. The molecule has 0 atom stereocenters. The minimum absolute atomic E-state index is 0.0571. The van der Waals surface area contributed by atoms with Crippen molar-refractivity contribution in [1.29, 1.82) is 0 Å². The third-order valence-corrected chi connectivity index (χ3v) is 8.55. The van der Waals surface area contributed by atoms with Crippen molar-refractivity contribution in [1.82, 2.24) is 24.8 Å². The quantitative estimate of drug-likeness (QED) is 0.285. The second kappa shape index (κ2) is 11.7. The second-order valence-electron chi connectivity index (χ2n) is 10.8. The van der Waals surface area contributed by atoms with E-state index in [4.69, 9.17) is 14.5 Å². The molecule has 220 valence electrons. The van der Waals surface area contributed by atoms with E-state index in [2.05, 4.69) is 20.6 Å². The molecule has 2 aliphatic rings. The van der Waals surface area contributed by atoms with Crippen LogP contribution < -0.4 is 15.4 Å². The van der Waals surface area contributed by atoms with E-state index in [0.717, 1.165) is 68.6 Å². The fourth-order valence-corrected chi connectivity index (χ4v) is 5.61. The molecule has 2 fully saturated rings. The molecule has 11 nitrogen and oxygen atoms in total. The number of fused-ring (bicyclic) bond motifs is 1. The van der Waals surface area contributed by atoms with Gasteiger partial charge in [0.25, 0.3) is 5.91 Å². The number of nitrogens with zero attached hydrogens (tertiary/aromatic N) is 4. The largest absolute Gasteiger partial charge is 0.439 e. The molecular weight excluding hydrogens is 556 g/mol. The molecule has 1 saturated heterocycles. The normalized spacial score (nSPS) is 16.0. The summed E-state index contributed by atoms with van der Waals surface area (Å²) in [6.07, 6.45) is 4.97. The number of aromatic nitrogens is 3. The van der Waals surface area contributed by atoms with Gasteiger partial charge in [0.2, 0.25) is 5.88 Å². The predicted octanol–water partition coefficient (Wildman–Crippen LogP) is 3.54. The number of nitrogens with one attached hydrogen (secondary N) is 2. The van der Waals surface area contributed by atoms with Gasteiger partial charge in [-0.1, -0.05) is 18.2 Å². The first-order valence-electron chi connectivity index (χ1n) is 14.1. The molecule has 2 aromatic heterocycles. The van der Waals surface area contributed by atoms with Gasteiger partial charge < -0.3 is 20.1 Å². The highest BCUT2D eigenvalue weighted by Gasteiger charge is 2.25. The summed E-state index contributed by atoms with van der Waals surface area (Å²) >= 11 is 0. The van der Waals surface area contributed by atoms with Gasteiger partial charge in [0.15, 0.2) is 15.5 Å². The van der Waals surface area contributed by atoms with Gasteiger partial charge in [-0.15, -0.1) is 0 Å². The van der Waals surface area contributed by atoms with E-state index in [0.29, 0.717) is 35.2 Å². The summed E-state index contributed by atoms with van der Waals surface area (Å²) in [5.74, 6) is 1.28. The number of carbonyl (C=O) groups excluding carboxylic acids is 1. The molecule has 1 saturated carbocycles. The summed E-state index contributed by atoms with van der Waals surface area (Å²) in [6.45, 7) is 6.65. The van der Waals surface area contributed by atoms with Crippen LogP contribution in [0.4, 0.5) is 5.82 Å². The van der Waals surface area contributed by atoms with Crippen LogP contribution in [0.3, 0.4) is 0 Å². The maximum Gasteiger partial charge on any atom is 0.251 e. The highest BCUT2D eigenvalue weighted by Crippen LogP contribution is 2.31. The molecule has 42 heavy (non-hydrogen) atoms. The molecule has 0 unspecified atom stereocenters. The Morgan fingerprint density at radius 2 is 1.93 bits per heavy atom. The van der Waals surface area contributed by atoms with E-state index in [1.165, 1.54) is 12.1 Å². The molecule has 2 aromatic carbocycles. The number of rotatable bonds is 10. The van der Waals surface area contributed by atoms with Gasteiger partial charge in [0, 0.05) is 55.7 Å². The number of anilines is 1. The molecule has 0 radical (unpaired) electrons. The van der Waals surface area contributed by atoms with Crippen LogP contribution in [0.2, 0.25) is 0 Å². The van der Waals surface area contributed by atoms with Crippen molar-refractivity contribution in [2.24, 2.45) is 0 Å². The zero-order valence-corrected chi connectivity index (χ0v) is 24.5. The molecular formula is C30H34N6O5S. The topological polar surface area (TPSA) is 127 Å². The number of amides is 1. The summed E-state index contributed by atoms with van der Waals surface area (Å²) in [6, 6.07) is 14.1. The lowest BCUT2D eigenvalue weighted by molar-refractivity contribution is 0.0398. The van der Waals surface area contributed by atoms with Gasteiger partial charge in [-0.25, -0.2) is 8.42 Å². The van der Waals surface area contributed by atoms with Crippen molar-refractivity contribution < 1.29 is 22.7 Å². The summed E-state index contributed by atoms with van der Waals surface area (Å²) in [7, 11) is -3.40. The average Bonchev–Trinajstić information content (AvgIpc) is 3.68. The van der Waals surface area contributed by atoms with Crippen LogP contribution in [-0.2, 0) is 14.6 Å². The van der Waals surface area contributed by atoms with Crippen LogP contribution >= 0.6 is 0 Å². The Kier molecular flexibility index (Phi) is 7.84. The number of hydrogen-bond acceptors (Lipinski definition) is 9. The van der Waals surface area contributed by atoms with E-state index in [-0.39, 0.29) is 16.8 Å². The highest BCUT2D eigenvalue weighted by molar-refractivity contribution is 7.90. The fraction of sp³-hybridized carbons (Fsp3) is 0.367. The number of ether oxygens (including phenoxy) is 2. The Hall–Kier alpha value is -4.00. The molecule has 1 amide bonds. The number of benzene rings is 2. The van der Waals surface area contributed by atoms with Crippen molar-refractivity contribution in [3.05, 3.63) is 65.9 Å². The lowest BCUT2D eigenvalue weighted by atomic mass is 10.0. The monoisotopic (exact) mass is 590 g/mol. The molecule has 0 spiro atoms. The molecule has 0 bridgehead atoms. The number of hydrogen-bond donors (Lipinski definition) is 2. The predicted molar refractivity (Wildman–Crippen MR) is 159 cm³/mol. The summed E-state index contributed by atoms with van der Waals surface area (Å²) in [5, 5.41) is 11.2. The van der Waals surface area contributed by atoms with Crippen molar-refractivity contribution in [2.45, 2.75) is 30.7 Å². The average molecular weight is 591 g/mol. The number of carbonyl (C=O) groups is 1. The molecule has 1 aliphatic heterocycles. The van der Waals surface area contributed by atoms with E-state index in [1.807, 2.05) is 25.1 Å². The second-order valence-corrected chi connectivity index (χ2v) is 12.8. The zero-order chi connectivity index (χ0) is 29.3. The zero-order valence-electron chi connectivity index (χ0n) is 23.7. The van der Waals surface area contributed by atoms with Crippen LogP contribution in [0, 0.1) is 6.92 Å². The molecule has 4 aromatic rings. The van der Waals surface area contributed by atoms with E-state index >= 15 is 0 Å². The summed E-state index contributed by atoms with van der Waals surface area (Å²) < 4.78 is 37.5. The lowest BCUT2D eigenvalue weighted by Crippen LogP contribution is -2.39. The maximum absolute atomic E-state index is 12.7. The van der Waals surface area contributed by atoms with Crippen LogP contribution in [0.5, 0.6) is 11.6 Å². The number of aryl methyl sites for hydroxylation is 1. The summed E-state index contributed by atoms with van der Waals surface area (Å²) in [5.41, 5.74) is 3.72. The van der Waals surface area contributed by atoms with Gasteiger partial charge in [0.05, 0.1) is 24.3 Å². The molecule has 1 aliphatic carbocycles. The Morgan fingerprint density at radius 3 is 2.67 bits per heavy atom. The highest BCUT2D eigenvalue weighted by atomic mass is 32.2. The van der Waals surface area contributed by atoms with Crippen LogP contribution in [0.1, 0.15) is 28.8 Å². The van der Waals surface area contributed by atoms with Crippen LogP contribution in [-0.4, -0.2) is 85.5 Å². The Balaban J connectivity index is 1.33. The third kappa shape index (κ3) is 6.40. The van der Waals surface area contributed by atoms with Gasteiger partial charge >= 0.3 is 0 Å². The van der Waals surface area contributed by atoms with Crippen molar-refractivity contribution >= 4 is 27.2 Å². The molecule has 2 N–H and O–H groups in total. The minimum Gasteiger partial charge on any atom is -0.439 e. The fourth-order valence-electron chi connectivity index (χ4n) is 4.96. The van der Waals surface area contributed by atoms with Gasteiger partial charge in [0.1, 0.15) is 11.6 Å². The van der Waals surface area contributed by atoms with Gasteiger partial charge in [-0.05, 0) is 55.2 Å². The van der Waals surface area contributed by atoms with E-state index in [1.54, 1.807) is 28.9 Å². The Bertz CT molecular complexity index is 1730. The Morgan fingerprint density at radius 1 is 1.12 bits per heavy atom. The van der Waals surface area contributed by atoms with Crippen molar-refractivity contribution in [3.63, 3.8) is 0 Å². The van der Waals surface area contributed by atoms with Gasteiger partial charge in [-0.3, -0.25) is 9.69 Å². The van der Waals surface area contributed by atoms with Crippen LogP contribution in [0.15, 0.2) is 59.6 Å². The maximum atomic E-state index is 12.7. The van der Waals surface area contributed by atoms with E-state index < -0.39 is 9.84 Å². The SMILES string of the molecule is Cc1cc(-c2cnn3c(NCCN4CCOCC4)cc(Oc4cccc(S(C)(=O)=O)c4)nc23)ccc1C(=O)NC1CC1. The van der Waals surface area contributed by atoms with Crippen molar-refractivity contribution in [3.8, 4) is 22.8 Å². The molecule has 6 rings (SSSR count). The number of sulfone groups is 1. The number of morpholine rings is 1. The molecule has 12 heteroatoms. The Labute approximate surface area is 244 Å². The smallest absolute Gasteiger partial charge is 0.251 e. The summed E-state index contributed by atoms with van der Waals surface area (Å²) in [4.78, 5) is 19.9. The van der Waals surface area contributed by atoms with Crippen LogP contribution in [0.25, 0.3) is 16.8 Å². The minimum atomic E-state index is -3.40. The first-order chi connectivity index (χ1) is 20.2. The van der Waals surface area contributed by atoms with E-state index in [9.17, 15) is 13.2 Å². The lowest BCUT2D eigenvalue weighted by Gasteiger charge is -2.26. The van der Waals surface area contributed by atoms with Gasteiger partial charge in [-0.2, -0.15) is 14.6 Å². The standard InChI is InChI=1S/C30H34N6O5S/c1-20-16-21(6-9-25(20)30(37)33-22-7-8-22)26-19-32-36-27(31-10-11-35-12-14-40-15-13-35)18-28(34-29(26)36)41-23-4-3-5-24(17-23)42(2,38)39/h3-6,9,16-19,22,31H,7-8,10-15H2,1-2H3,(H,33,37).